The number of aromatic nitrogens is 1. The summed E-state index contributed by atoms with van der Waals surface area (Å²) in [5.41, 5.74) is 0.916. The Kier molecular flexibility index (Phi) is 10.9. The SMILES string of the molecule is CCOCC1=Nc2cnc3ccccc3c2[N+]1(CC(C)(C)NS(C)(=O)=O)OCCCCCCNC(=O)OC(C)(C)C. The first-order valence-corrected chi connectivity index (χ1v) is 16.1. The van der Waals surface area contributed by atoms with Crippen molar-refractivity contribution in [3.63, 3.8) is 0 Å². The molecule has 0 saturated heterocycles. The number of para-hydroxylation sites is 1. The van der Waals surface area contributed by atoms with Crippen molar-refractivity contribution in [2.24, 2.45) is 4.99 Å². The molecule has 1 amide bonds. The van der Waals surface area contributed by atoms with Gasteiger partial charge in [0.15, 0.2) is 5.69 Å². The fourth-order valence-electron chi connectivity index (χ4n) is 5.01. The number of quaternary nitrogens is 1. The van der Waals surface area contributed by atoms with Gasteiger partial charge in [-0.15, -0.1) is 0 Å². The first kappa shape index (κ1) is 32.9. The van der Waals surface area contributed by atoms with E-state index in [0.29, 0.717) is 31.3 Å². The van der Waals surface area contributed by atoms with E-state index < -0.39 is 27.3 Å². The van der Waals surface area contributed by atoms with Crippen LogP contribution in [0.4, 0.5) is 16.2 Å². The third-order valence-corrected chi connectivity index (χ3v) is 7.24. The number of unbranched alkanes of at least 4 members (excludes halogenated alkanes) is 3. The van der Waals surface area contributed by atoms with Gasteiger partial charge in [0.1, 0.15) is 25.4 Å². The molecule has 2 heterocycles. The molecular weight excluding hydrogens is 546 g/mol. The molecule has 41 heavy (non-hydrogen) atoms. The van der Waals surface area contributed by atoms with E-state index in [2.05, 4.69) is 15.0 Å². The molecule has 1 atom stereocenters. The van der Waals surface area contributed by atoms with Crippen molar-refractivity contribution in [2.45, 2.75) is 78.4 Å². The van der Waals surface area contributed by atoms with Crippen LogP contribution < -0.4 is 14.7 Å². The number of pyridine rings is 1. The van der Waals surface area contributed by atoms with Crippen molar-refractivity contribution in [3.8, 4) is 0 Å². The average molecular weight is 593 g/mol. The Balaban J connectivity index is 1.80. The number of amides is 1. The minimum Gasteiger partial charge on any atom is -0.444 e. The topological polar surface area (TPSA) is 128 Å². The molecule has 1 aromatic heterocycles. The number of ether oxygens (including phenoxy) is 2. The van der Waals surface area contributed by atoms with Gasteiger partial charge in [-0.2, -0.15) is 9.83 Å². The van der Waals surface area contributed by atoms with Crippen molar-refractivity contribution in [2.75, 3.05) is 39.2 Å². The zero-order valence-corrected chi connectivity index (χ0v) is 26.3. The van der Waals surface area contributed by atoms with Gasteiger partial charge in [-0.05, 0) is 66.5 Å². The molecule has 0 saturated carbocycles. The van der Waals surface area contributed by atoms with Crippen molar-refractivity contribution in [3.05, 3.63) is 30.5 Å². The second-order valence-corrected chi connectivity index (χ2v) is 13.8. The van der Waals surface area contributed by atoms with Gasteiger partial charge >= 0.3 is 6.09 Å². The van der Waals surface area contributed by atoms with E-state index in [4.69, 9.17) is 19.3 Å². The van der Waals surface area contributed by atoms with Crippen LogP contribution in [0.15, 0.2) is 35.5 Å². The summed E-state index contributed by atoms with van der Waals surface area (Å²) in [5, 5.41) is 3.68. The van der Waals surface area contributed by atoms with E-state index in [-0.39, 0.29) is 17.8 Å². The largest absolute Gasteiger partial charge is 0.444 e. The number of hydrogen-bond donors (Lipinski definition) is 2. The molecule has 12 heteroatoms. The molecule has 0 fully saturated rings. The standard InChI is InChI=1S/C29H45N5O6S/c1-8-38-20-25-32-24-19-31-23-16-12-11-15-22(23)26(24)34(25,21-29(5,6)33-41(7,36)37)39-18-14-10-9-13-17-30-27(35)40-28(2,3)4/h11-12,15-16,19,33H,8-10,13-14,17-18,20-21H2,1-7H3/p+1. The lowest BCUT2D eigenvalue weighted by Crippen LogP contribution is -2.63. The van der Waals surface area contributed by atoms with E-state index in [9.17, 15) is 13.2 Å². The number of nitrogens with zero attached hydrogens (tertiary/aromatic N) is 3. The summed E-state index contributed by atoms with van der Waals surface area (Å²) in [6.45, 7) is 13.0. The molecule has 1 aromatic carbocycles. The third-order valence-electron chi connectivity index (χ3n) is 6.32. The number of hydroxylamine groups is 2. The van der Waals surface area contributed by atoms with Crippen LogP contribution in [-0.4, -0.2) is 75.6 Å². The van der Waals surface area contributed by atoms with Crippen LogP contribution in [0.2, 0.25) is 0 Å². The first-order valence-electron chi connectivity index (χ1n) is 14.2. The van der Waals surface area contributed by atoms with Crippen LogP contribution >= 0.6 is 0 Å². The average Bonchev–Trinajstić information content (AvgIpc) is 3.14. The number of aliphatic imine (C=N–C) groups is 1. The molecule has 11 nitrogen and oxygen atoms in total. The highest BCUT2D eigenvalue weighted by Gasteiger charge is 2.52. The van der Waals surface area contributed by atoms with E-state index in [1.807, 2.05) is 65.8 Å². The van der Waals surface area contributed by atoms with E-state index in [0.717, 1.165) is 48.5 Å². The second kappa shape index (κ2) is 13.6. The predicted molar refractivity (Wildman–Crippen MR) is 163 cm³/mol. The van der Waals surface area contributed by atoms with Crippen molar-refractivity contribution < 1.29 is 27.5 Å². The molecule has 0 spiro atoms. The van der Waals surface area contributed by atoms with Gasteiger partial charge < -0.3 is 14.8 Å². The van der Waals surface area contributed by atoms with Gasteiger partial charge in [0, 0.05) is 13.2 Å². The van der Waals surface area contributed by atoms with Crippen LogP contribution in [0, 0.1) is 0 Å². The molecule has 228 valence electrons. The van der Waals surface area contributed by atoms with Crippen molar-refractivity contribution in [1.82, 2.24) is 19.7 Å². The van der Waals surface area contributed by atoms with Gasteiger partial charge in [0.2, 0.25) is 15.7 Å². The number of carbonyl (C=O) groups is 1. The fourth-order valence-corrected chi connectivity index (χ4v) is 6.08. The highest BCUT2D eigenvalue weighted by atomic mass is 32.2. The summed E-state index contributed by atoms with van der Waals surface area (Å²) in [7, 11) is -3.50. The Hall–Kier alpha value is -2.64. The Morgan fingerprint density at radius 1 is 1.05 bits per heavy atom. The van der Waals surface area contributed by atoms with Crippen molar-refractivity contribution >= 4 is 44.2 Å². The van der Waals surface area contributed by atoms with Gasteiger partial charge in [-0.3, -0.25) is 4.98 Å². The highest BCUT2D eigenvalue weighted by Crippen LogP contribution is 2.46. The zero-order chi connectivity index (χ0) is 30.3. The lowest BCUT2D eigenvalue weighted by molar-refractivity contribution is -0.102. The molecule has 1 aliphatic heterocycles. The number of sulfonamides is 1. The molecule has 1 aliphatic rings. The molecular formula is C29H46N5O6S+. The van der Waals surface area contributed by atoms with Crippen LogP contribution in [0.25, 0.3) is 10.9 Å². The van der Waals surface area contributed by atoms with E-state index in [1.165, 1.54) is 0 Å². The number of amidine groups is 1. The number of alkyl carbamates (subject to hydrolysis) is 1. The Morgan fingerprint density at radius 2 is 1.76 bits per heavy atom. The summed E-state index contributed by atoms with van der Waals surface area (Å²) in [6, 6.07) is 7.81. The Bertz CT molecular complexity index is 1340. The number of hydrogen-bond acceptors (Lipinski definition) is 8. The van der Waals surface area contributed by atoms with E-state index in [1.54, 1.807) is 6.20 Å². The van der Waals surface area contributed by atoms with Crippen LogP contribution in [0.5, 0.6) is 0 Å². The van der Waals surface area contributed by atoms with Crippen LogP contribution in [-0.2, 0) is 24.3 Å². The lowest BCUT2D eigenvalue weighted by atomic mass is 10.0. The number of nitrogens with one attached hydrogen (secondary N) is 2. The summed E-state index contributed by atoms with van der Waals surface area (Å²) in [5.74, 6) is 0.643. The Labute approximate surface area is 244 Å². The second-order valence-electron chi connectivity index (χ2n) is 12.0. The quantitative estimate of drug-likeness (QED) is 0.221. The molecule has 0 aliphatic carbocycles. The van der Waals surface area contributed by atoms with Crippen LogP contribution in [0.1, 0.15) is 67.2 Å². The van der Waals surface area contributed by atoms with Gasteiger partial charge in [0.05, 0.1) is 28.9 Å². The van der Waals surface area contributed by atoms with Gasteiger partial charge in [-0.25, -0.2) is 17.9 Å². The zero-order valence-electron chi connectivity index (χ0n) is 25.5. The summed E-state index contributed by atoms with van der Waals surface area (Å²) in [6.07, 6.45) is 5.87. The number of rotatable bonds is 15. The third kappa shape index (κ3) is 9.44. The monoisotopic (exact) mass is 592 g/mol. The molecule has 1 unspecified atom stereocenters. The van der Waals surface area contributed by atoms with Crippen molar-refractivity contribution in [1.29, 1.82) is 0 Å². The maximum Gasteiger partial charge on any atom is 0.407 e. The lowest BCUT2D eigenvalue weighted by Gasteiger charge is -2.38. The van der Waals surface area contributed by atoms with E-state index >= 15 is 0 Å². The number of benzene rings is 1. The maximum atomic E-state index is 12.3. The predicted octanol–water partition coefficient (Wildman–Crippen LogP) is 4.97. The number of fused-ring (bicyclic) bond motifs is 3. The maximum absolute atomic E-state index is 12.3. The summed E-state index contributed by atoms with van der Waals surface area (Å²) in [4.78, 5) is 28.1. The molecule has 0 bridgehead atoms. The Morgan fingerprint density at radius 3 is 2.44 bits per heavy atom. The fraction of sp³-hybridized carbons (Fsp3) is 0.621. The molecule has 2 aromatic rings. The number of carbonyl (C=O) groups excluding carboxylic acids is 1. The molecule has 2 N–H and O–H groups in total. The highest BCUT2D eigenvalue weighted by molar-refractivity contribution is 7.88. The minimum atomic E-state index is -3.50. The summed E-state index contributed by atoms with van der Waals surface area (Å²) >= 11 is 0. The van der Waals surface area contributed by atoms with Gasteiger partial charge in [-0.1, -0.05) is 29.6 Å². The first-order chi connectivity index (χ1) is 19.2. The van der Waals surface area contributed by atoms with Crippen LogP contribution in [0.3, 0.4) is 0 Å². The smallest absolute Gasteiger partial charge is 0.407 e. The molecule has 0 radical (unpaired) electrons. The minimum absolute atomic E-state index is 0.0892. The van der Waals surface area contributed by atoms with Gasteiger partial charge in [0.25, 0.3) is 5.84 Å². The molecule has 3 rings (SSSR count). The normalized spacial score (nSPS) is 17.4. The summed E-state index contributed by atoms with van der Waals surface area (Å²) < 4.78 is 38.3.